The summed E-state index contributed by atoms with van der Waals surface area (Å²) in [7, 11) is -3.56. The molecule has 0 amide bonds. The maximum atomic E-state index is 12.4. The van der Waals surface area contributed by atoms with Gasteiger partial charge in [-0.15, -0.1) is 0 Å². The van der Waals surface area contributed by atoms with E-state index in [0.717, 1.165) is 11.1 Å². The van der Waals surface area contributed by atoms with Crippen molar-refractivity contribution in [1.29, 1.82) is 0 Å². The summed E-state index contributed by atoms with van der Waals surface area (Å²) in [6.07, 6.45) is 1.33. The fraction of sp³-hybridized carbons (Fsp3) is 0.600. The Morgan fingerprint density at radius 3 is 2.52 bits per heavy atom. The number of aliphatic hydroxyl groups is 1. The highest BCUT2D eigenvalue weighted by molar-refractivity contribution is 7.89. The number of nitrogens with one attached hydrogen (secondary N) is 1. The maximum absolute atomic E-state index is 12.4. The first-order chi connectivity index (χ1) is 9.88. The molecule has 0 spiro atoms. The number of rotatable bonds is 5. The molecule has 0 aromatic heterocycles. The third-order valence-corrected chi connectivity index (χ3v) is 5.71. The summed E-state index contributed by atoms with van der Waals surface area (Å²) in [6.45, 7) is 5.05. The molecule has 1 aliphatic rings. The van der Waals surface area contributed by atoms with E-state index >= 15 is 0 Å². The van der Waals surface area contributed by atoms with Gasteiger partial charge >= 0.3 is 0 Å². The molecule has 0 radical (unpaired) electrons. The Balaban J connectivity index is 2.13. The second-order valence-electron chi connectivity index (χ2n) is 5.86. The second kappa shape index (κ2) is 6.44. The number of benzene rings is 1. The van der Waals surface area contributed by atoms with Crippen LogP contribution in [-0.4, -0.2) is 39.9 Å². The monoisotopic (exact) mass is 313 g/mol. The molecule has 0 saturated carbocycles. The summed E-state index contributed by atoms with van der Waals surface area (Å²) < 4.78 is 32.8. The Morgan fingerprint density at radius 2 is 1.95 bits per heavy atom. The third-order valence-electron chi connectivity index (χ3n) is 4.15. The molecule has 1 heterocycles. The molecule has 0 aliphatic carbocycles. The average molecular weight is 313 g/mol. The molecule has 5 nitrogen and oxygen atoms in total. The standard InChI is InChI=1S/C15H23NO4S/c1-12-3-4-14(13(2)9-12)21(18,19)16-10-15(11-17)5-7-20-8-6-15/h3-4,9,16-17H,5-8,10-11H2,1-2H3. The Labute approximate surface area is 126 Å². The second-order valence-corrected chi connectivity index (χ2v) is 7.60. The van der Waals surface area contributed by atoms with Crippen LogP contribution in [0.1, 0.15) is 24.0 Å². The minimum Gasteiger partial charge on any atom is -0.396 e. The van der Waals surface area contributed by atoms with Gasteiger partial charge < -0.3 is 9.84 Å². The number of hydrogen-bond donors (Lipinski definition) is 2. The number of ether oxygens (including phenoxy) is 1. The van der Waals surface area contributed by atoms with Gasteiger partial charge in [0.25, 0.3) is 0 Å². The largest absolute Gasteiger partial charge is 0.396 e. The van der Waals surface area contributed by atoms with Crippen LogP contribution >= 0.6 is 0 Å². The predicted molar refractivity (Wildman–Crippen MR) is 80.7 cm³/mol. The van der Waals surface area contributed by atoms with Crippen LogP contribution < -0.4 is 4.72 Å². The Morgan fingerprint density at radius 1 is 1.29 bits per heavy atom. The fourth-order valence-corrected chi connectivity index (χ4v) is 4.00. The van der Waals surface area contributed by atoms with E-state index < -0.39 is 15.4 Å². The van der Waals surface area contributed by atoms with Crippen LogP contribution in [0.5, 0.6) is 0 Å². The molecule has 118 valence electrons. The molecule has 1 aromatic carbocycles. The first-order valence-corrected chi connectivity index (χ1v) is 8.62. The van der Waals surface area contributed by atoms with Crippen LogP contribution in [0.4, 0.5) is 0 Å². The van der Waals surface area contributed by atoms with E-state index in [0.29, 0.717) is 31.0 Å². The highest BCUT2D eigenvalue weighted by atomic mass is 32.2. The lowest BCUT2D eigenvalue weighted by atomic mass is 9.81. The van der Waals surface area contributed by atoms with Crippen LogP contribution in [0.2, 0.25) is 0 Å². The number of sulfonamides is 1. The van der Waals surface area contributed by atoms with Gasteiger partial charge in [0.05, 0.1) is 11.5 Å². The maximum Gasteiger partial charge on any atom is 0.240 e. The minimum atomic E-state index is -3.56. The third kappa shape index (κ3) is 3.83. The van der Waals surface area contributed by atoms with Gasteiger partial charge in [-0.3, -0.25) is 0 Å². The van der Waals surface area contributed by atoms with Gasteiger partial charge in [-0.1, -0.05) is 17.7 Å². The van der Waals surface area contributed by atoms with Crippen molar-refractivity contribution < 1.29 is 18.3 Å². The molecular formula is C15H23NO4S. The van der Waals surface area contributed by atoms with Gasteiger partial charge in [0.15, 0.2) is 0 Å². The molecule has 1 aromatic rings. The van der Waals surface area contributed by atoms with Crippen molar-refractivity contribution in [2.75, 3.05) is 26.4 Å². The fourth-order valence-electron chi connectivity index (χ4n) is 2.62. The van der Waals surface area contributed by atoms with Crippen LogP contribution in [0, 0.1) is 19.3 Å². The molecule has 2 N–H and O–H groups in total. The topological polar surface area (TPSA) is 75.6 Å². The molecule has 0 unspecified atom stereocenters. The smallest absolute Gasteiger partial charge is 0.240 e. The summed E-state index contributed by atoms with van der Waals surface area (Å²) in [4.78, 5) is 0.299. The highest BCUT2D eigenvalue weighted by Crippen LogP contribution is 2.29. The van der Waals surface area contributed by atoms with Crippen LogP contribution in [0.25, 0.3) is 0 Å². The lowest BCUT2D eigenvalue weighted by Gasteiger charge is -2.35. The van der Waals surface area contributed by atoms with E-state index in [1.54, 1.807) is 19.1 Å². The van der Waals surface area contributed by atoms with Gasteiger partial charge in [-0.05, 0) is 38.3 Å². The lowest BCUT2D eigenvalue weighted by molar-refractivity contribution is -0.0126. The van der Waals surface area contributed by atoms with Crippen molar-refractivity contribution in [2.24, 2.45) is 5.41 Å². The lowest BCUT2D eigenvalue weighted by Crippen LogP contribution is -2.43. The van der Waals surface area contributed by atoms with Crippen molar-refractivity contribution in [3.63, 3.8) is 0 Å². The summed E-state index contributed by atoms with van der Waals surface area (Å²) >= 11 is 0. The summed E-state index contributed by atoms with van der Waals surface area (Å²) in [5, 5.41) is 9.61. The van der Waals surface area contributed by atoms with Gasteiger partial charge in [0.2, 0.25) is 10.0 Å². The predicted octanol–water partition coefficient (Wildman–Crippen LogP) is 1.37. The molecular weight excluding hydrogens is 290 g/mol. The first-order valence-electron chi connectivity index (χ1n) is 7.14. The summed E-state index contributed by atoms with van der Waals surface area (Å²) in [6, 6.07) is 5.27. The molecule has 0 atom stereocenters. The quantitative estimate of drug-likeness (QED) is 0.861. The molecule has 1 saturated heterocycles. The normalized spacial score (nSPS) is 18.6. The highest BCUT2D eigenvalue weighted by Gasteiger charge is 2.33. The number of aliphatic hydroxyl groups excluding tert-OH is 1. The molecule has 2 rings (SSSR count). The zero-order valence-corrected chi connectivity index (χ0v) is 13.4. The Hall–Kier alpha value is -0.950. The molecule has 1 fully saturated rings. The van der Waals surface area contributed by atoms with Gasteiger partial charge in [-0.25, -0.2) is 13.1 Å². The average Bonchev–Trinajstić information content (AvgIpc) is 2.46. The van der Waals surface area contributed by atoms with Gasteiger partial charge in [-0.2, -0.15) is 0 Å². The van der Waals surface area contributed by atoms with E-state index in [4.69, 9.17) is 4.74 Å². The summed E-state index contributed by atoms with van der Waals surface area (Å²) in [5.41, 5.74) is 1.35. The van der Waals surface area contributed by atoms with E-state index in [-0.39, 0.29) is 13.2 Å². The first kappa shape index (κ1) is 16.4. The number of hydrogen-bond acceptors (Lipinski definition) is 4. The molecule has 0 bridgehead atoms. The number of aryl methyl sites for hydroxylation is 2. The van der Waals surface area contributed by atoms with Crippen molar-refractivity contribution in [2.45, 2.75) is 31.6 Å². The SMILES string of the molecule is Cc1ccc(S(=O)(=O)NCC2(CO)CCOCC2)c(C)c1. The Kier molecular flexibility index (Phi) is 5.03. The summed E-state index contributed by atoms with van der Waals surface area (Å²) in [5.74, 6) is 0. The van der Waals surface area contributed by atoms with Gasteiger partial charge in [0.1, 0.15) is 0 Å². The van der Waals surface area contributed by atoms with Crippen molar-refractivity contribution in [3.05, 3.63) is 29.3 Å². The van der Waals surface area contributed by atoms with Crippen molar-refractivity contribution >= 4 is 10.0 Å². The zero-order valence-electron chi connectivity index (χ0n) is 12.6. The van der Waals surface area contributed by atoms with Crippen LogP contribution in [-0.2, 0) is 14.8 Å². The van der Waals surface area contributed by atoms with Crippen molar-refractivity contribution in [1.82, 2.24) is 4.72 Å². The van der Waals surface area contributed by atoms with E-state index in [1.165, 1.54) is 0 Å². The molecule has 6 heteroatoms. The molecule has 1 aliphatic heterocycles. The zero-order chi connectivity index (χ0) is 15.5. The van der Waals surface area contributed by atoms with Crippen LogP contribution in [0.3, 0.4) is 0 Å². The van der Waals surface area contributed by atoms with E-state index in [2.05, 4.69) is 4.72 Å². The van der Waals surface area contributed by atoms with E-state index in [1.807, 2.05) is 13.0 Å². The van der Waals surface area contributed by atoms with Crippen LogP contribution in [0.15, 0.2) is 23.1 Å². The van der Waals surface area contributed by atoms with Gasteiger partial charge in [0, 0.05) is 25.2 Å². The van der Waals surface area contributed by atoms with E-state index in [9.17, 15) is 13.5 Å². The van der Waals surface area contributed by atoms with Crippen molar-refractivity contribution in [3.8, 4) is 0 Å². The minimum absolute atomic E-state index is 0.0360. The Bertz CT molecular complexity index is 592. The molecule has 21 heavy (non-hydrogen) atoms.